The molecule has 8 nitrogen and oxygen atoms in total. The molecule has 0 bridgehead atoms. The van der Waals surface area contributed by atoms with Crippen LogP contribution in [0.3, 0.4) is 0 Å². The van der Waals surface area contributed by atoms with Gasteiger partial charge in [-0.15, -0.1) is 0 Å². The monoisotopic (exact) mass is 380 g/mol. The van der Waals surface area contributed by atoms with Gasteiger partial charge in [0.1, 0.15) is 11.6 Å². The van der Waals surface area contributed by atoms with Crippen LogP contribution < -0.4 is 11.0 Å². The lowest BCUT2D eigenvalue weighted by Gasteiger charge is -2.22. The Morgan fingerprint density at radius 3 is 2.93 bits per heavy atom. The first-order valence-corrected chi connectivity index (χ1v) is 9.44. The van der Waals surface area contributed by atoms with Gasteiger partial charge in [0.25, 0.3) is 0 Å². The van der Waals surface area contributed by atoms with E-state index in [-0.39, 0.29) is 17.5 Å². The maximum Gasteiger partial charge on any atom is 0.345 e. The Kier molecular flexibility index (Phi) is 4.62. The number of benzene rings is 1. The highest BCUT2D eigenvalue weighted by atomic mass is 16.2. The summed E-state index contributed by atoms with van der Waals surface area (Å²) in [6.45, 7) is 4.93. The van der Waals surface area contributed by atoms with Gasteiger partial charge in [-0.1, -0.05) is 29.8 Å². The third-order valence-electron chi connectivity index (χ3n) is 5.25. The summed E-state index contributed by atoms with van der Waals surface area (Å²) in [4.78, 5) is 25.1. The number of hydrogen-bond acceptors (Lipinski definition) is 4. The number of rotatable bonds is 4. The Labute approximate surface area is 162 Å². The minimum absolute atomic E-state index is 0.0875. The maximum atomic E-state index is 12.9. The smallest absolute Gasteiger partial charge is 0.310 e. The van der Waals surface area contributed by atoms with Crippen molar-refractivity contribution in [3.63, 3.8) is 0 Å². The lowest BCUT2D eigenvalue weighted by Crippen LogP contribution is -2.36. The number of nitrogens with zero attached hydrogens (tertiary/aromatic N) is 5. The van der Waals surface area contributed by atoms with Crippen LogP contribution in [0.15, 0.2) is 35.3 Å². The van der Waals surface area contributed by atoms with Crippen molar-refractivity contribution in [2.45, 2.75) is 39.8 Å². The molecule has 1 atom stereocenters. The molecular formula is C20H24N6O2. The second-order valence-corrected chi connectivity index (χ2v) is 7.48. The molecule has 3 aromatic rings. The van der Waals surface area contributed by atoms with E-state index in [0.29, 0.717) is 31.7 Å². The van der Waals surface area contributed by atoms with Gasteiger partial charge in [-0.05, 0) is 25.8 Å². The second-order valence-electron chi connectivity index (χ2n) is 7.48. The highest BCUT2D eigenvalue weighted by molar-refractivity contribution is 5.92. The summed E-state index contributed by atoms with van der Waals surface area (Å²) in [6, 6.07) is 8.23. The first-order chi connectivity index (χ1) is 13.4. The van der Waals surface area contributed by atoms with Crippen LogP contribution in [0, 0.1) is 19.8 Å². The molecule has 1 aliphatic heterocycles. The number of hydrogen-bond donors (Lipinski definition) is 1. The van der Waals surface area contributed by atoms with E-state index in [2.05, 4.69) is 34.6 Å². The van der Waals surface area contributed by atoms with Crippen molar-refractivity contribution < 1.29 is 4.79 Å². The van der Waals surface area contributed by atoms with Crippen LogP contribution in [-0.4, -0.2) is 30.0 Å². The molecular weight excluding hydrogens is 356 g/mol. The predicted molar refractivity (Wildman–Crippen MR) is 105 cm³/mol. The molecule has 0 radical (unpaired) electrons. The van der Waals surface area contributed by atoms with Crippen molar-refractivity contribution >= 4 is 11.7 Å². The van der Waals surface area contributed by atoms with Gasteiger partial charge in [-0.3, -0.25) is 9.36 Å². The molecule has 2 aromatic heterocycles. The zero-order chi connectivity index (χ0) is 19.8. The quantitative estimate of drug-likeness (QED) is 0.746. The van der Waals surface area contributed by atoms with E-state index in [1.54, 1.807) is 17.8 Å². The fraction of sp³-hybridized carbons (Fsp3) is 0.400. The number of aromatic nitrogens is 5. The Bertz CT molecular complexity index is 1090. The van der Waals surface area contributed by atoms with E-state index in [0.717, 1.165) is 17.0 Å². The molecule has 0 saturated carbocycles. The number of fused-ring (bicyclic) bond motifs is 1. The summed E-state index contributed by atoms with van der Waals surface area (Å²) in [6.07, 6.45) is 3.05. The minimum atomic E-state index is -0.267. The molecule has 3 heterocycles. The summed E-state index contributed by atoms with van der Waals surface area (Å²) in [5.74, 6) is 1.10. The minimum Gasteiger partial charge on any atom is -0.310 e. The summed E-state index contributed by atoms with van der Waals surface area (Å²) in [7, 11) is 1.63. The standard InChI is InChI=1S/C20H24N6O2/c1-13-5-4-6-15(9-13)11-26-18(14(2)10-21-26)22-19(27)16-7-8-17-23-24(3)20(28)25(17)12-16/h4-6,9-10,16H,7-8,11-12H2,1-3H3,(H,22,27). The first kappa shape index (κ1) is 18.2. The number of amides is 1. The molecule has 0 aliphatic carbocycles. The van der Waals surface area contributed by atoms with Crippen LogP contribution in [0.1, 0.15) is 28.9 Å². The van der Waals surface area contributed by atoms with Crippen LogP contribution in [0.5, 0.6) is 0 Å². The van der Waals surface area contributed by atoms with Crippen LogP contribution in [0.2, 0.25) is 0 Å². The third-order valence-corrected chi connectivity index (χ3v) is 5.25. The molecule has 4 rings (SSSR count). The SMILES string of the molecule is Cc1cccc(Cn2ncc(C)c2NC(=O)C2CCc3nn(C)c(=O)n3C2)c1. The fourth-order valence-corrected chi connectivity index (χ4v) is 3.72. The first-order valence-electron chi connectivity index (χ1n) is 9.44. The van der Waals surface area contributed by atoms with Crippen molar-refractivity contribution in [3.8, 4) is 0 Å². The van der Waals surface area contributed by atoms with Crippen LogP contribution in [-0.2, 0) is 31.4 Å². The Balaban J connectivity index is 1.52. The number of nitrogens with one attached hydrogen (secondary N) is 1. The zero-order valence-electron chi connectivity index (χ0n) is 16.3. The fourth-order valence-electron chi connectivity index (χ4n) is 3.72. The normalized spacial score (nSPS) is 16.0. The average molecular weight is 380 g/mol. The zero-order valence-corrected chi connectivity index (χ0v) is 16.3. The van der Waals surface area contributed by atoms with Gasteiger partial charge in [0.15, 0.2) is 0 Å². The largest absolute Gasteiger partial charge is 0.345 e. The average Bonchev–Trinajstić information content (AvgIpc) is 3.15. The van der Waals surface area contributed by atoms with Gasteiger partial charge in [0.2, 0.25) is 5.91 Å². The van der Waals surface area contributed by atoms with Crippen molar-refractivity contribution in [1.29, 1.82) is 0 Å². The molecule has 1 aliphatic rings. The summed E-state index contributed by atoms with van der Waals surface area (Å²) in [5, 5.41) is 11.7. The van der Waals surface area contributed by atoms with Gasteiger partial charge < -0.3 is 5.32 Å². The molecule has 8 heteroatoms. The van der Waals surface area contributed by atoms with Crippen molar-refractivity contribution in [3.05, 3.63) is 63.5 Å². The molecule has 1 amide bonds. The van der Waals surface area contributed by atoms with Gasteiger partial charge in [0.05, 0.1) is 18.7 Å². The van der Waals surface area contributed by atoms with E-state index in [1.807, 2.05) is 23.7 Å². The number of carbonyl (C=O) groups excluding carboxylic acids is 1. The molecule has 0 fully saturated rings. The molecule has 0 saturated heterocycles. The van der Waals surface area contributed by atoms with E-state index in [4.69, 9.17) is 0 Å². The van der Waals surface area contributed by atoms with E-state index >= 15 is 0 Å². The van der Waals surface area contributed by atoms with Crippen molar-refractivity contribution in [2.24, 2.45) is 13.0 Å². The van der Waals surface area contributed by atoms with Crippen LogP contribution in [0.4, 0.5) is 5.82 Å². The summed E-state index contributed by atoms with van der Waals surface area (Å²) < 4.78 is 4.74. The van der Waals surface area contributed by atoms with Gasteiger partial charge >= 0.3 is 5.69 Å². The van der Waals surface area contributed by atoms with Crippen LogP contribution >= 0.6 is 0 Å². The number of anilines is 1. The molecule has 0 spiro atoms. The number of aryl methyl sites for hydroxylation is 4. The van der Waals surface area contributed by atoms with Crippen molar-refractivity contribution in [1.82, 2.24) is 24.1 Å². The van der Waals surface area contributed by atoms with Gasteiger partial charge in [-0.2, -0.15) is 10.2 Å². The summed E-state index contributed by atoms with van der Waals surface area (Å²) >= 11 is 0. The molecule has 1 N–H and O–H groups in total. The van der Waals surface area contributed by atoms with E-state index in [1.165, 1.54) is 10.2 Å². The molecule has 1 aromatic carbocycles. The Morgan fingerprint density at radius 2 is 2.14 bits per heavy atom. The maximum absolute atomic E-state index is 12.9. The topological polar surface area (TPSA) is 86.7 Å². The Hall–Kier alpha value is -3.16. The molecule has 146 valence electrons. The molecule has 1 unspecified atom stereocenters. The third kappa shape index (κ3) is 3.37. The molecule has 28 heavy (non-hydrogen) atoms. The Morgan fingerprint density at radius 1 is 1.32 bits per heavy atom. The number of carbonyl (C=O) groups is 1. The predicted octanol–water partition coefficient (Wildman–Crippen LogP) is 1.64. The van der Waals surface area contributed by atoms with E-state index in [9.17, 15) is 9.59 Å². The van der Waals surface area contributed by atoms with E-state index < -0.39 is 0 Å². The highest BCUT2D eigenvalue weighted by Gasteiger charge is 2.28. The van der Waals surface area contributed by atoms with Gasteiger partial charge in [-0.25, -0.2) is 14.2 Å². The van der Waals surface area contributed by atoms with Gasteiger partial charge in [0, 0.05) is 25.6 Å². The highest BCUT2D eigenvalue weighted by Crippen LogP contribution is 2.21. The lowest BCUT2D eigenvalue weighted by molar-refractivity contribution is -0.120. The lowest BCUT2D eigenvalue weighted by atomic mass is 9.98. The van der Waals surface area contributed by atoms with Crippen molar-refractivity contribution in [2.75, 3.05) is 5.32 Å². The second kappa shape index (κ2) is 7.10. The summed E-state index contributed by atoms with van der Waals surface area (Å²) in [5.41, 5.74) is 3.05. The van der Waals surface area contributed by atoms with Crippen LogP contribution in [0.25, 0.3) is 0 Å².